The monoisotopic (exact) mass is 403 g/mol. The van der Waals surface area contributed by atoms with E-state index in [2.05, 4.69) is 79.6 Å². The van der Waals surface area contributed by atoms with E-state index < -0.39 is 0 Å². The third kappa shape index (κ3) is 3.90. The molecule has 3 rings (SSSR count). The molecule has 2 aliphatic rings. The third-order valence-corrected chi connectivity index (χ3v) is 4.78. The molecule has 0 saturated carbocycles. The molecule has 0 N–H and O–H groups in total. The zero-order valence-corrected chi connectivity index (χ0v) is 17.3. The summed E-state index contributed by atoms with van der Waals surface area (Å²) in [5, 5.41) is 2.37. The summed E-state index contributed by atoms with van der Waals surface area (Å²) in [6.45, 7) is 12.7. The first-order chi connectivity index (χ1) is 11.7. The Balaban J connectivity index is 0.00000225. The number of rotatable bonds is 5. The van der Waals surface area contributed by atoms with E-state index in [-0.39, 0.29) is 17.0 Å². The minimum absolute atomic E-state index is 0. The maximum absolute atomic E-state index is 6.25. The van der Waals surface area contributed by atoms with Crippen LogP contribution in [-0.4, -0.2) is 26.2 Å². The number of halogens is 1. The van der Waals surface area contributed by atoms with Crippen LogP contribution in [0.5, 0.6) is 0 Å². The van der Waals surface area contributed by atoms with Gasteiger partial charge in [-0.2, -0.15) is 0 Å². The Morgan fingerprint density at radius 3 is 2.24 bits per heavy atom. The normalized spacial score (nSPS) is 10.7. The fourth-order valence-corrected chi connectivity index (χ4v) is 3.32. The minimum Gasteiger partial charge on any atom is -0.456 e. The van der Waals surface area contributed by atoms with Gasteiger partial charge in [0.05, 0.1) is 6.07 Å². The highest BCUT2D eigenvalue weighted by Crippen LogP contribution is 2.29. The molecule has 3 nitrogen and oxygen atoms in total. The number of hydrogen-bond donors (Lipinski definition) is 0. The molecule has 0 saturated heterocycles. The van der Waals surface area contributed by atoms with E-state index in [1.807, 2.05) is 0 Å². The van der Waals surface area contributed by atoms with E-state index in [9.17, 15) is 0 Å². The Bertz CT molecular complexity index is 875. The van der Waals surface area contributed by atoms with Crippen LogP contribution in [-0.2, 0) is 0 Å². The maximum atomic E-state index is 6.25. The Morgan fingerprint density at radius 2 is 1.60 bits per heavy atom. The molecule has 0 radical (unpaired) electrons. The Labute approximate surface area is 160 Å². The highest BCUT2D eigenvalue weighted by atomic mass is 79.9. The van der Waals surface area contributed by atoms with Crippen molar-refractivity contribution in [1.82, 2.24) is 4.58 Å². The molecule has 4 heteroatoms. The predicted octanol–water partition coefficient (Wildman–Crippen LogP) is 4.77. The van der Waals surface area contributed by atoms with Crippen LogP contribution in [0.3, 0.4) is 0 Å². The molecule has 0 aromatic heterocycles. The first-order valence-electron chi connectivity index (χ1n) is 9.00. The van der Waals surface area contributed by atoms with E-state index in [1.54, 1.807) is 0 Å². The predicted molar refractivity (Wildman–Crippen MR) is 113 cm³/mol. The van der Waals surface area contributed by atoms with Crippen molar-refractivity contribution in [3.05, 3.63) is 47.8 Å². The highest BCUT2D eigenvalue weighted by Gasteiger charge is 2.11. The summed E-state index contributed by atoms with van der Waals surface area (Å²) in [5.41, 5.74) is 3.31. The average Bonchev–Trinajstić information content (AvgIpc) is 2.62. The Morgan fingerprint density at radius 1 is 0.880 bits per heavy atom. The van der Waals surface area contributed by atoms with Crippen LogP contribution in [0.15, 0.2) is 46.9 Å². The number of hydrogen-bond acceptors (Lipinski definition) is 2. The smallest absolute Gasteiger partial charge is 0.203 e. The van der Waals surface area contributed by atoms with Gasteiger partial charge in [0.25, 0.3) is 0 Å². The van der Waals surface area contributed by atoms with Crippen molar-refractivity contribution in [3.8, 4) is 11.3 Å². The number of benzene rings is 2. The van der Waals surface area contributed by atoms with Gasteiger partial charge in [-0.1, -0.05) is 0 Å². The van der Waals surface area contributed by atoms with Crippen LogP contribution < -0.4 is 14.8 Å². The molecule has 0 fully saturated rings. The first kappa shape index (κ1) is 19.5. The van der Waals surface area contributed by atoms with Gasteiger partial charge in [0.15, 0.2) is 0 Å². The van der Waals surface area contributed by atoms with E-state index in [1.165, 1.54) is 11.0 Å². The summed E-state index contributed by atoms with van der Waals surface area (Å²) in [6.07, 6.45) is 0. The molecular formula is C21H28BrN2O+. The average molecular weight is 404 g/mol. The molecule has 0 bridgehead atoms. The van der Waals surface area contributed by atoms with Crippen molar-refractivity contribution in [2.75, 3.05) is 31.1 Å². The molecule has 1 aromatic carbocycles. The molecule has 0 spiro atoms. The van der Waals surface area contributed by atoms with Gasteiger partial charge >= 0.3 is 0 Å². The zero-order chi connectivity index (χ0) is 17.1. The van der Waals surface area contributed by atoms with Gasteiger partial charge in [0.1, 0.15) is 24.4 Å². The lowest BCUT2D eigenvalue weighted by atomic mass is 10.1. The molecule has 134 valence electrons. The van der Waals surface area contributed by atoms with E-state index in [0.29, 0.717) is 0 Å². The van der Waals surface area contributed by atoms with Crippen LogP contribution in [0, 0.1) is 0 Å². The fourth-order valence-electron chi connectivity index (χ4n) is 3.32. The van der Waals surface area contributed by atoms with E-state index in [0.717, 1.165) is 48.5 Å². The van der Waals surface area contributed by atoms with Crippen LogP contribution in [0.1, 0.15) is 27.7 Å². The summed E-state index contributed by atoms with van der Waals surface area (Å²) in [4.78, 5) is 2.34. The number of fused-ring (bicyclic) bond motifs is 2. The summed E-state index contributed by atoms with van der Waals surface area (Å²) in [7, 11) is 0. The minimum atomic E-state index is 0. The van der Waals surface area contributed by atoms with Crippen molar-refractivity contribution in [1.29, 1.82) is 0 Å². The van der Waals surface area contributed by atoms with Gasteiger partial charge in [0, 0.05) is 41.9 Å². The summed E-state index contributed by atoms with van der Waals surface area (Å²) in [5.74, 6) is 0.948. The molecule has 1 aliphatic heterocycles. The first-order valence-corrected chi connectivity index (χ1v) is 9.00. The number of anilines is 1. The van der Waals surface area contributed by atoms with Crippen LogP contribution >= 0.6 is 17.0 Å². The topological polar surface area (TPSA) is 19.4 Å². The molecule has 0 unspecified atom stereocenters. The molecule has 0 amide bonds. The Hall–Kier alpha value is -1.81. The van der Waals surface area contributed by atoms with Crippen molar-refractivity contribution >= 4 is 33.6 Å². The molecule has 0 atom stereocenters. The second-order valence-corrected chi connectivity index (χ2v) is 6.04. The van der Waals surface area contributed by atoms with Crippen molar-refractivity contribution in [2.24, 2.45) is 0 Å². The third-order valence-electron chi connectivity index (χ3n) is 4.78. The van der Waals surface area contributed by atoms with Crippen molar-refractivity contribution in [2.45, 2.75) is 27.7 Å². The SMILES string of the molecule is Br.CCN(CC)c1ccc2cc3ccc(=[N+](CC)CC)cc-3oc2c1. The molecule has 25 heavy (non-hydrogen) atoms. The molecule has 1 aliphatic carbocycles. The zero-order valence-electron chi connectivity index (χ0n) is 15.6. The van der Waals surface area contributed by atoms with Crippen LogP contribution in [0.4, 0.5) is 5.69 Å². The van der Waals surface area contributed by atoms with E-state index >= 15 is 0 Å². The lowest BCUT2D eigenvalue weighted by Gasteiger charge is -2.21. The van der Waals surface area contributed by atoms with Gasteiger partial charge in [-0.15, -0.1) is 17.0 Å². The van der Waals surface area contributed by atoms with Crippen molar-refractivity contribution < 1.29 is 4.42 Å². The van der Waals surface area contributed by atoms with Gasteiger partial charge in [-0.3, -0.25) is 0 Å². The van der Waals surface area contributed by atoms with Gasteiger partial charge in [-0.05, 0) is 52.0 Å². The van der Waals surface area contributed by atoms with Crippen LogP contribution in [0.2, 0.25) is 0 Å². The Kier molecular flexibility index (Phi) is 6.65. The fraction of sp³-hybridized carbons (Fsp3) is 0.381. The largest absolute Gasteiger partial charge is 0.456 e. The second-order valence-electron chi connectivity index (χ2n) is 6.04. The van der Waals surface area contributed by atoms with Gasteiger partial charge in [-0.25, -0.2) is 4.58 Å². The number of nitrogens with zero attached hydrogens (tertiary/aromatic N) is 2. The highest BCUT2D eigenvalue weighted by molar-refractivity contribution is 8.93. The van der Waals surface area contributed by atoms with E-state index in [4.69, 9.17) is 4.42 Å². The molecular weight excluding hydrogens is 376 g/mol. The maximum Gasteiger partial charge on any atom is 0.203 e. The lowest BCUT2D eigenvalue weighted by Crippen LogP contribution is -2.29. The van der Waals surface area contributed by atoms with Gasteiger partial charge in [0.2, 0.25) is 5.36 Å². The summed E-state index contributed by atoms with van der Waals surface area (Å²) >= 11 is 0. The van der Waals surface area contributed by atoms with Crippen LogP contribution in [0.25, 0.3) is 22.3 Å². The standard InChI is InChI=1S/C21H27N2O.BrH/c1-5-22(6-2)18-11-9-16-13-17-10-12-19(23(7-3)8-4)15-21(17)24-20(16)14-18;/h9-15H,5-8H2,1-4H3;1H/q+1;. The summed E-state index contributed by atoms with van der Waals surface area (Å²) in [6, 6.07) is 15.2. The van der Waals surface area contributed by atoms with Gasteiger partial charge < -0.3 is 9.32 Å². The lowest BCUT2D eigenvalue weighted by molar-refractivity contribution is 0.604. The molecule has 1 aromatic rings. The quantitative estimate of drug-likeness (QED) is 0.451. The molecule has 1 heterocycles. The summed E-state index contributed by atoms with van der Waals surface area (Å²) < 4.78 is 8.59. The van der Waals surface area contributed by atoms with Crippen molar-refractivity contribution in [3.63, 3.8) is 0 Å². The second kappa shape index (κ2) is 8.52.